The summed E-state index contributed by atoms with van der Waals surface area (Å²) >= 11 is 5.87. The Morgan fingerprint density at radius 1 is 1.07 bits per heavy atom. The molecule has 1 N–H and O–H groups in total. The maximum Gasteiger partial charge on any atom is 0.338 e. The van der Waals surface area contributed by atoms with E-state index in [1.54, 1.807) is 30.3 Å². The van der Waals surface area contributed by atoms with Crippen LogP contribution in [0.4, 0.5) is 0 Å². The Kier molecular flexibility index (Phi) is 5.49. The predicted molar refractivity (Wildman–Crippen MR) is 112 cm³/mol. The number of hydrogen-bond donors (Lipinski definition) is 1. The van der Waals surface area contributed by atoms with E-state index in [2.05, 4.69) is 22.4 Å². The van der Waals surface area contributed by atoms with E-state index in [-0.39, 0.29) is 17.9 Å². The fraction of sp³-hybridized carbons (Fsp3) is 0.261. The average molecular weight is 409 g/mol. The third kappa shape index (κ3) is 4.25. The number of ether oxygens (including phenoxy) is 1. The minimum Gasteiger partial charge on any atom is -0.452 e. The molecule has 3 aromatic rings. The van der Waals surface area contributed by atoms with Crippen LogP contribution in [0, 0.1) is 0 Å². The van der Waals surface area contributed by atoms with E-state index >= 15 is 0 Å². The number of benzene rings is 2. The van der Waals surface area contributed by atoms with Gasteiger partial charge < -0.3 is 10.1 Å². The van der Waals surface area contributed by atoms with Crippen molar-refractivity contribution in [1.82, 2.24) is 10.3 Å². The van der Waals surface area contributed by atoms with Gasteiger partial charge in [-0.25, -0.2) is 9.78 Å². The lowest BCUT2D eigenvalue weighted by Gasteiger charge is -2.42. The van der Waals surface area contributed by atoms with E-state index in [1.165, 1.54) is 5.56 Å². The summed E-state index contributed by atoms with van der Waals surface area (Å²) in [7, 11) is 0. The van der Waals surface area contributed by atoms with E-state index in [9.17, 15) is 9.59 Å². The van der Waals surface area contributed by atoms with Crippen molar-refractivity contribution in [3.63, 3.8) is 0 Å². The maximum atomic E-state index is 12.3. The molecule has 0 spiro atoms. The maximum absolute atomic E-state index is 12.3. The molecule has 0 atom stereocenters. The fourth-order valence-corrected chi connectivity index (χ4v) is 3.88. The molecule has 6 heteroatoms. The number of aromatic nitrogens is 1. The number of halogens is 1. The van der Waals surface area contributed by atoms with Crippen LogP contribution in [0.5, 0.6) is 0 Å². The monoisotopic (exact) mass is 408 g/mol. The third-order valence-electron chi connectivity index (χ3n) is 5.55. The van der Waals surface area contributed by atoms with Gasteiger partial charge in [-0.2, -0.15) is 0 Å². The summed E-state index contributed by atoms with van der Waals surface area (Å²) < 4.78 is 5.19. The molecule has 0 aliphatic heterocycles. The SMILES string of the molecule is O=C(COC(=O)c1ccc2nc(Cl)ccc2c1)NCC1(c2ccccc2)CCC1. The average Bonchev–Trinajstić information content (AvgIpc) is 2.71. The van der Waals surface area contributed by atoms with Crippen molar-refractivity contribution >= 4 is 34.4 Å². The zero-order chi connectivity index (χ0) is 20.3. The van der Waals surface area contributed by atoms with Crippen LogP contribution < -0.4 is 5.32 Å². The van der Waals surface area contributed by atoms with E-state index in [0.29, 0.717) is 22.8 Å². The molecule has 1 amide bonds. The van der Waals surface area contributed by atoms with Gasteiger partial charge in [-0.15, -0.1) is 0 Å². The lowest BCUT2D eigenvalue weighted by molar-refractivity contribution is -0.124. The Balaban J connectivity index is 1.32. The predicted octanol–water partition coefficient (Wildman–Crippen LogP) is 4.28. The van der Waals surface area contributed by atoms with E-state index < -0.39 is 5.97 Å². The molecule has 0 saturated heterocycles. The fourth-order valence-electron chi connectivity index (χ4n) is 3.72. The molecule has 148 valence electrons. The molecular weight excluding hydrogens is 388 g/mol. The number of rotatable bonds is 6. The zero-order valence-corrected chi connectivity index (χ0v) is 16.6. The van der Waals surface area contributed by atoms with Gasteiger partial charge in [-0.1, -0.05) is 48.4 Å². The largest absolute Gasteiger partial charge is 0.452 e. The zero-order valence-electron chi connectivity index (χ0n) is 15.9. The molecule has 1 saturated carbocycles. The molecule has 1 aliphatic rings. The molecule has 1 heterocycles. The van der Waals surface area contributed by atoms with Gasteiger partial charge in [0.05, 0.1) is 11.1 Å². The second kappa shape index (κ2) is 8.21. The molecule has 1 aromatic heterocycles. The Hall–Kier alpha value is -2.92. The van der Waals surface area contributed by atoms with Crippen LogP contribution in [0.25, 0.3) is 10.9 Å². The number of esters is 1. The second-order valence-corrected chi connectivity index (χ2v) is 7.78. The first-order valence-electron chi connectivity index (χ1n) is 9.61. The molecule has 2 aromatic carbocycles. The van der Waals surface area contributed by atoms with Gasteiger partial charge >= 0.3 is 5.97 Å². The van der Waals surface area contributed by atoms with Gasteiger partial charge in [-0.3, -0.25) is 4.79 Å². The van der Waals surface area contributed by atoms with Crippen molar-refractivity contribution in [3.8, 4) is 0 Å². The Morgan fingerprint density at radius 2 is 1.86 bits per heavy atom. The van der Waals surface area contributed by atoms with Crippen LogP contribution in [0.2, 0.25) is 5.15 Å². The van der Waals surface area contributed by atoms with Crippen molar-refractivity contribution in [2.24, 2.45) is 0 Å². The molecule has 1 aliphatic carbocycles. The lowest BCUT2D eigenvalue weighted by Crippen LogP contribution is -2.46. The molecule has 0 bridgehead atoms. The number of nitrogens with one attached hydrogen (secondary N) is 1. The van der Waals surface area contributed by atoms with E-state index in [1.807, 2.05) is 18.2 Å². The summed E-state index contributed by atoms with van der Waals surface area (Å²) in [6, 6.07) is 18.7. The molecule has 0 unspecified atom stereocenters. The van der Waals surface area contributed by atoms with Crippen molar-refractivity contribution in [3.05, 3.63) is 76.9 Å². The molecule has 5 nitrogen and oxygen atoms in total. The van der Waals surface area contributed by atoms with Crippen LogP contribution >= 0.6 is 11.6 Å². The van der Waals surface area contributed by atoms with Crippen molar-refractivity contribution in [1.29, 1.82) is 0 Å². The summed E-state index contributed by atoms with van der Waals surface area (Å²) in [6.45, 7) is 0.246. The highest BCUT2D eigenvalue weighted by atomic mass is 35.5. The standard InChI is InChI=1S/C23H21ClN2O3/c24-20-10-8-16-13-17(7-9-19(16)26-20)22(28)29-14-21(27)25-15-23(11-4-12-23)18-5-2-1-3-6-18/h1-3,5-10,13H,4,11-12,14-15H2,(H,25,27). The number of carbonyl (C=O) groups excluding carboxylic acids is 2. The molecule has 0 radical (unpaired) electrons. The van der Waals surface area contributed by atoms with Crippen molar-refractivity contribution in [2.75, 3.05) is 13.2 Å². The van der Waals surface area contributed by atoms with Crippen molar-refractivity contribution < 1.29 is 14.3 Å². The summed E-state index contributed by atoms with van der Waals surface area (Å²) in [5, 5.41) is 4.10. The molecule has 1 fully saturated rings. The van der Waals surface area contributed by atoms with Gasteiger partial charge in [0.15, 0.2) is 6.61 Å². The van der Waals surface area contributed by atoms with Crippen LogP contribution in [0.3, 0.4) is 0 Å². The quantitative estimate of drug-likeness (QED) is 0.488. The van der Waals surface area contributed by atoms with Gasteiger partial charge in [0, 0.05) is 17.3 Å². The first kappa shape index (κ1) is 19.4. The minimum atomic E-state index is -0.543. The molecule has 4 rings (SSSR count). The van der Waals surface area contributed by atoms with Gasteiger partial charge in [0.2, 0.25) is 0 Å². The Labute approximate surface area is 174 Å². The van der Waals surface area contributed by atoms with Crippen molar-refractivity contribution in [2.45, 2.75) is 24.7 Å². The Morgan fingerprint density at radius 3 is 2.59 bits per heavy atom. The summed E-state index contributed by atoms with van der Waals surface area (Å²) in [6.07, 6.45) is 3.25. The summed E-state index contributed by atoms with van der Waals surface area (Å²) in [5.74, 6) is -0.840. The van der Waals surface area contributed by atoms with Gasteiger partial charge in [0.1, 0.15) is 5.15 Å². The number of hydrogen-bond acceptors (Lipinski definition) is 4. The van der Waals surface area contributed by atoms with Crippen LogP contribution in [-0.2, 0) is 14.9 Å². The number of fused-ring (bicyclic) bond motifs is 1. The molecule has 29 heavy (non-hydrogen) atoms. The highest BCUT2D eigenvalue weighted by Gasteiger charge is 2.38. The highest BCUT2D eigenvalue weighted by Crippen LogP contribution is 2.43. The van der Waals surface area contributed by atoms with Gasteiger partial charge in [0.25, 0.3) is 5.91 Å². The van der Waals surface area contributed by atoms with Crippen LogP contribution in [-0.4, -0.2) is 30.0 Å². The normalized spacial score (nSPS) is 14.8. The third-order valence-corrected chi connectivity index (χ3v) is 5.76. The first-order valence-corrected chi connectivity index (χ1v) is 9.99. The second-order valence-electron chi connectivity index (χ2n) is 7.39. The smallest absolute Gasteiger partial charge is 0.338 e. The van der Waals surface area contributed by atoms with Crippen LogP contribution in [0.15, 0.2) is 60.7 Å². The topological polar surface area (TPSA) is 68.3 Å². The number of pyridine rings is 1. The number of carbonyl (C=O) groups is 2. The first-order chi connectivity index (χ1) is 14.1. The molecular formula is C23H21ClN2O3. The van der Waals surface area contributed by atoms with Gasteiger partial charge in [-0.05, 0) is 48.7 Å². The Bertz CT molecular complexity index is 1050. The number of nitrogens with zero attached hydrogens (tertiary/aromatic N) is 1. The summed E-state index contributed by atoms with van der Waals surface area (Å²) in [4.78, 5) is 28.7. The summed E-state index contributed by atoms with van der Waals surface area (Å²) in [5.41, 5.74) is 2.30. The lowest BCUT2D eigenvalue weighted by atomic mass is 9.64. The van der Waals surface area contributed by atoms with Crippen LogP contribution in [0.1, 0.15) is 35.2 Å². The van der Waals surface area contributed by atoms with E-state index in [4.69, 9.17) is 16.3 Å². The van der Waals surface area contributed by atoms with E-state index in [0.717, 1.165) is 24.6 Å². The minimum absolute atomic E-state index is 0.00640. The highest BCUT2D eigenvalue weighted by molar-refractivity contribution is 6.29. The number of amides is 1.